The summed E-state index contributed by atoms with van der Waals surface area (Å²) in [6.07, 6.45) is 1.95. The lowest BCUT2D eigenvalue weighted by atomic mass is 9.79. The molecule has 1 atom stereocenters. The van der Waals surface area contributed by atoms with Crippen LogP contribution in [0.1, 0.15) is 39.7 Å². The quantitative estimate of drug-likeness (QED) is 0.812. The van der Waals surface area contributed by atoms with E-state index in [1.807, 2.05) is 6.07 Å². The van der Waals surface area contributed by atoms with Crippen molar-refractivity contribution in [3.63, 3.8) is 0 Å². The fourth-order valence-electron chi connectivity index (χ4n) is 2.08. The van der Waals surface area contributed by atoms with Gasteiger partial charge in [0.15, 0.2) is 0 Å². The van der Waals surface area contributed by atoms with E-state index in [1.165, 1.54) is 6.07 Å². The molecular weight excluding hydrogens is 293 g/mol. The van der Waals surface area contributed by atoms with Crippen molar-refractivity contribution in [1.29, 1.82) is 0 Å². The van der Waals surface area contributed by atoms with Crippen molar-refractivity contribution in [1.82, 2.24) is 5.32 Å². The Morgan fingerprint density at radius 1 is 1.28 bits per heavy atom. The molecule has 0 bridgehead atoms. The Kier molecular flexibility index (Phi) is 5.80. The van der Waals surface area contributed by atoms with Gasteiger partial charge in [-0.15, -0.1) is 0 Å². The first-order valence-electron chi connectivity index (χ1n) is 6.57. The van der Waals surface area contributed by atoms with Gasteiger partial charge in [0.1, 0.15) is 5.82 Å². The van der Waals surface area contributed by atoms with Gasteiger partial charge in [-0.25, -0.2) is 4.39 Å². The molecule has 1 N–H and O–H groups in total. The molecule has 0 aliphatic carbocycles. The number of benzene rings is 1. The van der Waals surface area contributed by atoms with Crippen LogP contribution in [0.15, 0.2) is 22.7 Å². The van der Waals surface area contributed by atoms with Crippen molar-refractivity contribution < 1.29 is 4.39 Å². The number of nitrogens with one attached hydrogen (secondary N) is 1. The van der Waals surface area contributed by atoms with Gasteiger partial charge in [-0.05, 0) is 48.6 Å². The molecule has 0 radical (unpaired) electrons. The number of hydrogen-bond acceptors (Lipinski definition) is 1. The topological polar surface area (TPSA) is 12.0 Å². The Morgan fingerprint density at radius 3 is 2.44 bits per heavy atom. The summed E-state index contributed by atoms with van der Waals surface area (Å²) in [6.45, 7) is 9.76. The number of halogens is 2. The lowest BCUT2D eigenvalue weighted by Gasteiger charge is -2.34. The zero-order chi connectivity index (χ0) is 13.8. The Balaban J connectivity index is 2.89. The Bertz CT molecular complexity index is 370. The molecule has 102 valence electrons. The third-order valence-corrected chi connectivity index (χ3v) is 4.13. The van der Waals surface area contributed by atoms with Crippen LogP contribution in [0.3, 0.4) is 0 Å². The van der Waals surface area contributed by atoms with E-state index in [2.05, 4.69) is 48.9 Å². The summed E-state index contributed by atoms with van der Waals surface area (Å²) < 4.78 is 14.2. The predicted octanol–water partition coefficient (Wildman–Crippen LogP) is 4.55. The Labute approximate surface area is 118 Å². The van der Waals surface area contributed by atoms with Crippen LogP contribution in [0, 0.1) is 11.2 Å². The maximum absolute atomic E-state index is 13.4. The largest absolute Gasteiger partial charge is 0.313 e. The molecule has 0 aromatic heterocycles. The van der Waals surface area contributed by atoms with Gasteiger partial charge >= 0.3 is 0 Å². The van der Waals surface area contributed by atoms with Crippen molar-refractivity contribution in [2.45, 2.75) is 46.6 Å². The van der Waals surface area contributed by atoms with Gasteiger partial charge in [-0.1, -0.05) is 43.6 Å². The summed E-state index contributed by atoms with van der Waals surface area (Å²) in [5.74, 6) is -0.177. The maximum atomic E-state index is 13.4. The molecule has 0 spiro atoms. The fraction of sp³-hybridized carbons (Fsp3) is 0.600. The molecule has 0 aliphatic rings. The second kappa shape index (κ2) is 6.67. The van der Waals surface area contributed by atoms with Gasteiger partial charge in [0.25, 0.3) is 0 Å². The van der Waals surface area contributed by atoms with Crippen LogP contribution < -0.4 is 5.32 Å². The Morgan fingerprint density at radius 2 is 1.94 bits per heavy atom. The average molecular weight is 316 g/mol. The molecule has 1 nitrogen and oxygen atoms in total. The van der Waals surface area contributed by atoms with Gasteiger partial charge in [0.2, 0.25) is 0 Å². The minimum absolute atomic E-state index is 0.177. The fourth-order valence-corrected chi connectivity index (χ4v) is 2.59. The summed E-state index contributed by atoms with van der Waals surface area (Å²) >= 11 is 3.35. The third kappa shape index (κ3) is 4.36. The van der Waals surface area contributed by atoms with Crippen LogP contribution in [-0.2, 0) is 6.42 Å². The zero-order valence-electron chi connectivity index (χ0n) is 11.7. The summed E-state index contributed by atoms with van der Waals surface area (Å²) in [6, 6.07) is 5.48. The highest BCUT2D eigenvalue weighted by atomic mass is 79.9. The van der Waals surface area contributed by atoms with Crippen molar-refractivity contribution in [2.75, 3.05) is 6.54 Å². The monoisotopic (exact) mass is 315 g/mol. The molecular formula is C15H23BrFN. The van der Waals surface area contributed by atoms with E-state index in [-0.39, 0.29) is 11.2 Å². The minimum Gasteiger partial charge on any atom is -0.313 e. The van der Waals surface area contributed by atoms with E-state index in [0.29, 0.717) is 6.04 Å². The second-order valence-corrected chi connectivity index (χ2v) is 6.35. The van der Waals surface area contributed by atoms with Crippen molar-refractivity contribution in [2.24, 2.45) is 5.41 Å². The molecule has 18 heavy (non-hydrogen) atoms. The van der Waals surface area contributed by atoms with Gasteiger partial charge in [-0.3, -0.25) is 0 Å². The number of hydrogen-bond donors (Lipinski definition) is 1. The van der Waals surface area contributed by atoms with Crippen molar-refractivity contribution >= 4 is 15.9 Å². The molecule has 0 amide bonds. The minimum atomic E-state index is -0.177. The number of likely N-dealkylation sites (N-methyl/N-ethyl adjacent to an activating group) is 1. The lowest BCUT2D eigenvalue weighted by Crippen LogP contribution is -2.43. The van der Waals surface area contributed by atoms with Crippen LogP contribution >= 0.6 is 15.9 Å². The highest BCUT2D eigenvalue weighted by Gasteiger charge is 2.27. The summed E-state index contributed by atoms with van der Waals surface area (Å²) in [4.78, 5) is 0. The second-order valence-electron chi connectivity index (χ2n) is 5.43. The van der Waals surface area contributed by atoms with Crippen molar-refractivity contribution in [3.8, 4) is 0 Å². The highest BCUT2D eigenvalue weighted by Crippen LogP contribution is 2.28. The van der Waals surface area contributed by atoms with Crippen LogP contribution in [0.5, 0.6) is 0 Å². The molecule has 1 rings (SSSR count). The SMILES string of the molecule is CCNC(Cc1cc(F)cc(Br)c1)C(C)(C)CC. The summed E-state index contributed by atoms with van der Waals surface area (Å²) in [7, 11) is 0. The van der Waals surface area contributed by atoms with E-state index in [0.717, 1.165) is 29.4 Å². The predicted molar refractivity (Wildman–Crippen MR) is 79.3 cm³/mol. The van der Waals surface area contributed by atoms with Gasteiger partial charge < -0.3 is 5.32 Å². The smallest absolute Gasteiger partial charge is 0.124 e. The average Bonchev–Trinajstić information content (AvgIpc) is 2.27. The van der Waals surface area contributed by atoms with E-state index >= 15 is 0 Å². The molecule has 0 aliphatic heterocycles. The van der Waals surface area contributed by atoms with Crippen LogP contribution in [-0.4, -0.2) is 12.6 Å². The first-order valence-corrected chi connectivity index (χ1v) is 7.36. The third-order valence-electron chi connectivity index (χ3n) is 3.67. The van der Waals surface area contributed by atoms with E-state index in [1.54, 1.807) is 6.07 Å². The van der Waals surface area contributed by atoms with Crippen LogP contribution in [0.2, 0.25) is 0 Å². The van der Waals surface area contributed by atoms with Gasteiger partial charge in [0, 0.05) is 10.5 Å². The number of rotatable bonds is 6. The van der Waals surface area contributed by atoms with Gasteiger partial charge in [0.05, 0.1) is 0 Å². The van der Waals surface area contributed by atoms with Crippen molar-refractivity contribution in [3.05, 3.63) is 34.1 Å². The Hall–Kier alpha value is -0.410. The normalized spacial score (nSPS) is 13.7. The molecule has 3 heteroatoms. The molecule has 1 aromatic rings. The lowest BCUT2D eigenvalue weighted by molar-refractivity contribution is 0.232. The molecule has 1 unspecified atom stereocenters. The highest BCUT2D eigenvalue weighted by molar-refractivity contribution is 9.10. The first kappa shape index (κ1) is 15.6. The summed E-state index contributed by atoms with van der Waals surface area (Å²) in [5, 5.41) is 3.52. The zero-order valence-corrected chi connectivity index (χ0v) is 13.3. The summed E-state index contributed by atoms with van der Waals surface area (Å²) in [5.41, 5.74) is 1.24. The molecule has 0 saturated heterocycles. The van der Waals surface area contributed by atoms with Crippen LogP contribution in [0.4, 0.5) is 4.39 Å². The maximum Gasteiger partial charge on any atom is 0.124 e. The molecule has 1 aromatic carbocycles. The van der Waals surface area contributed by atoms with E-state index < -0.39 is 0 Å². The first-order chi connectivity index (χ1) is 8.39. The molecule has 0 heterocycles. The van der Waals surface area contributed by atoms with E-state index in [4.69, 9.17) is 0 Å². The van der Waals surface area contributed by atoms with Gasteiger partial charge in [-0.2, -0.15) is 0 Å². The molecule has 0 fully saturated rings. The van der Waals surface area contributed by atoms with Crippen LogP contribution in [0.25, 0.3) is 0 Å². The molecule has 0 saturated carbocycles. The standard InChI is InChI=1S/C15H23BrFN/c1-5-15(3,4)14(18-6-2)9-11-7-12(16)10-13(17)8-11/h7-8,10,14,18H,5-6,9H2,1-4H3. The van der Waals surface area contributed by atoms with E-state index in [9.17, 15) is 4.39 Å².